The number of halogens is 3. The maximum atomic E-state index is 12.7. The second kappa shape index (κ2) is 9.32. The Morgan fingerprint density at radius 2 is 1.60 bits per heavy atom. The number of fused-ring (bicyclic) bond motifs is 6. The molecule has 3 heterocycles. The average molecular weight is 485 g/mol. The zero-order chi connectivity index (χ0) is 24.3. The van der Waals surface area contributed by atoms with Crippen molar-refractivity contribution >= 4 is 17.6 Å². The fraction of sp³-hybridized carbons (Fsp3) is 0.292. The Labute approximate surface area is 199 Å². The van der Waals surface area contributed by atoms with Crippen LogP contribution in [0.3, 0.4) is 0 Å². The molecule has 0 amide bonds. The summed E-state index contributed by atoms with van der Waals surface area (Å²) in [4.78, 5) is 12.5. The normalized spacial score (nSPS) is 17.5. The van der Waals surface area contributed by atoms with Gasteiger partial charge in [-0.2, -0.15) is 28.1 Å². The van der Waals surface area contributed by atoms with Crippen molar-refractivity contribution < 1.29 is 27.4 Å². The first-order valence-electron chi connectivity index (χ1n) is 11.0. The minimum absolute atomic E-state index is 0.0363. The van der Waals surface area contributed by atoms with E-state index in [1.54, 1.807) is 24.3 Å². The van der Waals surface area contributed by atoms with E-state index in [4.69, 9.17) is 14.2 Å². The summed E-state index contributed by atoms with van der Waals surface area (Å²) < 4.78 is 54.5. The Hall–Kier alpha value is -4.02. The number of nitrogens with one attached hydrogen (secondary N) is 2. The Morgan fingerprint density at radius 3 is 2.31 bits per heavy atom. The number of hydrogen-bond acceptors (Lipinski definition) is 8. The van der Waals surface area contributed by atoms with Crippen LogP contribution in [0.4, 0.5) is 30.8 Å². The molecule has 8 nitrogen and oxygen atoms in total. The molecule has 0 atom stereocenters. The van der Waals surface area contributed by atoms with Crippen LogP contribution in [0.2, 0.25) is 0 Å². The quantitative estimate of drug-likeness (QED) is 0.491. The minimum Gasteiger partial charge on any atom is -0.490 e. The topological polar surface area (TPSA) is 90.4 Å². The van der Waals surface area contributed by atoms with Crippen LogP contribution < -0.4 is 24.8 Å². The molecule has 6 bridgehead atoms. The van der Waals surface area contributed by atoms with Crippen LogP contribution in [0.15, 0.2) is 60.7 Å². The van der Waals surface area contributed by atoms with E-state index in [2.05, 4.69) is 25.6 Å². The van der Waals surface area contributed by atoms with Gasteiger partial charge in [-0.05, 0) is 54.8 Å². The zero-order valence-corrected chi connectivity index (χ0v) is 18.5. The maximum Gasteiger partial charge on any atom is 0.422 e. The van der Waals surface area contributed by atoms with Gasteiger partial charge in [0, 0.05) is 11.8 Å². The third kappa shape index (κ3) is 5.92. The van der Waals surface area contributed by atoms with Crippen molar-refractivity contribution in [1.82, 2.24) is 15.0 Å². The largest absolute Gasteiger partial charge is 0.490 e. The van der Waals surface area contributed by atoms with Crippen LogP contribution in [0.5, 0.6) is 17.5 Å². The van der Waals surface area contributed by atoms with Gasteiger partial charge in [0.15, 0.2) is 6.61 Å². The molecule has 2 aliphatic heterocycles. The third-order valence-corrected chi connectivity index (χ3v) is 5.44. The lowest BCUT2D eigenvalue weighted by molar-refractivity contribution is -0.154. The molecule has 2 N–H and O–H groups in total. The first-order chi connectivity index (χ1) is 16.9. The van der Waals surface area contributed by atoms with E-state index in [1.807, 2.05) is 36.4 Å². The predicted molar refractivity (Wildman–Crippen MR) is 122 cm³/mol. The van der Waals surface area contributed by atoms with Gasteiger partial charge in [-0.25, -0.2) is 0 Å². The van der Waals surface area contributed by atoms with E-state index in [9.17, 15) is 13.2 Å². The van der Waals surface area contributed by atoms with E-state index in [0.717, 1.165) is 24.2 Å². The summed E-state index contributed by atoms with van der Waals surface area (Å²) >= 11 is 0. The van der Waals surface area contributed by atoms with Gasteiger partial charge in [0.05, 0.1) is 5.54 Å². The number of anilines is 3. The first-order valence-corrected chi connectivity index (χ1v) is 11.0. The maximum absolute atomic E-state index is 12.7. The van der Waals surface area contributed by atoms with Crippen molar-refractivity contribution in [2.45, 2.75) is 24.6 Å². The summed E-state index contributed by atoms with van der Waals surface area (Å²) in [5, 5.41) is 6.26. The number of aromatic nitrogens is 3. The number of alkyl halides is 3. The Bertz CT molecular complexity index is 1210. The zero-order valence-electron chi connectivity index (χ0n) is 18.5. The summed E-state index contributed by atoms with van der Waals surface area (Å²) in [6.45, 7) is -0.775. The number of hydrogen-bond donors (Lipinski definition) is 2. The van der Waals surface area contributed by atoms with Crippen LogP contribution in [-0.4, -0.2) is 40.9 Å². The summed E-state index contributed by atoms with van der Waals surface area (Å²) in [5.74, 6) is 1.45. The molecule has 0 unspecified atom stereocenters. The molecule has 0 radical (unpaired) electrons. The van der Waals surface area contributed by atoms with Gasteiger partial charge in [0.25, 0.3) is 0 Å². The van der Waals surface area contributed by atoms with Crippen molar-refractivity contribution in [3.8, 4) is 17.5 Å². The van der Waals surface area contributed by atoms with E-state index < -0.39 is 24.3 Å². The second-order valence-electron chi connectivity index (χ2n) is 8.15. The Morgan fingerprint density at radius 1 is 0.886 bits per heavy atom. The smallest absolute Gasteiger partial charge is 0.422 e. The van der Waals surface area contributed by atoms with Crippen LogP contribution in [0, 0.1) is 0 Å². The van der Waals surface area contributed by atoms with E-state index in [1.165, 1.54) is 0 Å². The lowest BCUT2D eigenvalue weighted by Crippen LogP contribution is -2.23. The van der Waals surface area contributed by atoms with Crippen LogP contribution >= 0.6 is 0 Å². The molecule has 1 saturated carbocycles. The van der Waals surface area contributed by atoms with Crippen molar-refractivity contribution in [1.29, 1.82) is 0 Å². The summed E-state index contributed by atoms with van der Waals surface area (Å²) in [6.07, 6.45) is 0.819. The van der Waals surface area contributed by atoms with E-state index in [-0.39, 0.29) is 11.9 Å². The highest BCUT2D eigenvalue weighted by Crippen LogP contribution is 2.48. The van der Waals surface area contributed by atoms with E-state index in [0.29, 0.717) is 24.7 Å². The van der Waals surface area contributed by atoms with Gasteiger partial charge >= 0.3 is 12.2 Å². The van der Waals surface area contributed by atoms with Crippen molar-refractivity contribution in [3.63, 3.8) is 0 Å². The summed E-state index contributed by atoms with van der Waals surface area (Å²) in [7, 11) is 0. The highest BCUT2D eigenvalue weighted by Gasteiger charge is 2.45. The lowest BCUT2D eigenvalue weighted by Gasteiger charge is -2.19. The molecule has 0 saturated heterocycles. The number of rotatable bonds is 2. The van der Waals surface area contributed by atoms with Crippen LogP contribution in [-0.2, 0) is 5.54 Å². The average Bonchev–Trinajstić information content (AvgIpc) is 3.60. The van der Waals surface area contributed by atoms with Gasteiger partial charge < -0.3 is 24.8 Å². The summed E-state index contributed by atoms with van der Waals surface area (Å²) in [5.41, 5.74) is 1.14. The number of nitrogens with zero attached hydrogens (tertiary/aromatic N) is 3. The number of ether oxygens (including phenoxy) is 3. The van der Waals surface area contributed by atoms with Gasteiger partial charge in [-0.15, -0.1) is 0 Å². The van der Waals surface area contributed by atoms with Crippen LogP contribution in [0.1, 0.15) is 18.4 Å². The molecule has 3 aromatic rings. The third-order valence-electron chi connectivity index (χ3n) is 5.44. The molecule has 1 fully saturated rings. The van der Waals surface area contributed by atoms with Gasteiger partial charge in [-0.3, -0.25) is 0 Å². The highest BCUT2D eigenvalue weighted by molar-refractivity contribution is 5.57. The molecular formula is C24H22F3N5O3. The van der Waals surface area contributed by atoms with Gasteiger partial charge in [0.1, 0.15) is 24.7 Å². The molecule has 35 heavy (non-hydrogen) atoms. The molecule has 3 aliphatic rings. The van der Waals surface area contributed by atoms with Crippen molar-refractivity contribution in [3.05, 3.63) is 66.2 Å². The monoisotopic (exact) mass is 485 g/mol. The molecule has 1 aromatic heterocycles. The van der Waals surface area contributed by atoms with Gasteiger partial charge in [0.2, 0.25) is 11.9 Å². The first kappa shape index (κ1) is 22.8. The summed E-state index contributed by atoms with van der Waals surface area (Å²) in [6, 6.07) is 14.3. The van der Waals surface area contributed by atoms with E-state index >= 15 is 0 Å². The highest BCUT2D eigenvalue weighted by atomic mass is 19.4. The fourth-order valence-electron chi connectivity index (χ4n) is 3.59. The number of benzene rings is 2. The van der Waals surface area contributed by atoms with Gasteiger partial charge in [-0.1, -0.05) is 18.2 Å². The van der Waals surface area contributed by atoms with Crippen molar-refractivity contribution in [2.24, 2.45) is 0 Å². The molecular weight excluding hydrogens is 463 g/mol. The second-order valence-corrected chi connectivity index (χ2v) is 8.15. The molecule has 2 aromatic carbocycles. The van der Waals surface area contributed by atoms with Crippen LogP contribution in [0.25, 0.3) is 0 Å². The Kier molecular flexibility index (Phi) is 6.06. The lowest BCUT2D eigenvalue weighted by atomic mass is 10.1. The molecule has 1 aliphatic carbocycles. The molecule has 182 valence electrons. The molecule has 1 spiro atoms. The standard InChI is InChI=1S/C24H22F3N5O3/c25-24(26,27)15-35-22-30-20-28-17-4-3-5-19(14-17)34-13-2-1-12-33-18-8-6-16(7-9-18)23(10-11-23)32-21(29-20)31-22/h1-9,14H,10-13,15H2,(H2,28,29,30,31,32)/b2-1+. The SMILES string of the molecule is FC(F)(F)COc1nc2nc(n1)NC1(CC1)c1ccc(cc1)OC/C=C/COc1cccc(c1)N2. The Balaban J connectivity index is 1.49. The molecule has 11 heteroatoms. The molecule has 6 rings (SSSR count). The predicted octanol–water partition coefficient (Wildman–Crippen LogP) is 4.98. The fourth-order valence-corrected chi connectivity index (χ4v) is 3.59. The minimum atomic E-state index is -4.53. The van der Waals surface area contributed by atoms with Crippen molar-refractivity contribution in [2.75, 3.05) is 30.5 Å².